The predicted molar refractivity (Wildman–Crippen MR) is 91.3 cm³/mol. The second kappa shape index (κ2) is 8.54. The molecular weight excluding hydrogens is 274 g/mol. The molecule has 0 amide bonds. The first-order valence-electron chi connectivity index (χ1n) is 8.79. The van der Waals surface area contributed by atoms with Crippen LogP contribution in [0.3, 0.4) is 0 Å². The van der Waals surface area contributed by atoms with Crippen LogP contribution in [0.1, 0.15) is 69.8 Å². The first kappa shape index (κ1) is 17.3. The second-order valence-corrected chi connectivity index (χ2v) is 6.79. The number of hydrogen-bond acceptors (Lipinski definition) is 3. The number of unbranched alkanes of at least 4 members (excludes halogenated alkanes) is 4. The Labute approximate surface area is 134 Å². The predicted octanol–water partition coefficient (Wildman–Crippen LogP) is 3.99. The molecule has 0 heterocycles. The summed E-state index contributed by atoms with van der Waals surface area (Å²) in [6, 6.07) is 8.44. The number of ether oxygens (including phenoxy) is 1. The Morgan fingerprint density at radius 2 is 1.91 bits per heavy atom. The number of benzene rings is 1. The molecule has 0 aliphatic heterocycles. The summed E-state index contributed by atoms with van der Waals surface area (Å²) < 4.78 is 5.80. The summed E-state index contributed by atoms with van der Waals surface area (Å²) in [5.41, 5.74) is 7.10. The van der Waals surface area contributed by atoms with E-state index >= 15 is 0 Å². The van der Waals surface area contributed by atoms with Crippen LogP contribution in [0.25, 0.3) is 0 Å². The van der Waals surface area contributed by atoms with Crippen molar-refractivity contribution in [2.75, 3.05) is 13.2 Å². The Morgan fingerprint density at radius 1 is 1.18 bits per heavy atom. The van der Waals surface area contributed by atoms with Gasteiger partial charge in [-0.2, -0.15) is 0 Å². The van der Waals surface area contributed by atoms with Crippen LogP contribution in [0, 0.1) is 0 Å². The van der Waals surface area contributed by atoms with E-state index in [0.717, 1.165) is 38.0 Å². The molecule has 1 aromatic carbocycles. The van der Waals surface area contributed by atoms with Gasteiger partial charge in [0.25, 0.3) is 0 Å². The van der Waals surface area contributed by atoms with Gasteiger partial charge in [-0.05, 0) is 49.3 Å². The normalized spacial score (nSPS) is 24.6. The summed E-state index contributed by atoms with van der Waals surface area (Å²) in [5.74, 6) is 1.43. The Morgan fingerprint density at radius 3 is 2.55 bits per heavy atom. The maximum atomic E-state index is 9.36. The molecule has 3 N–H and O–H groups in total. The largest absolute Gasteiger partial charge is 0.494 e. The van der Waals surface area contributed by atoms with E-state index in [1.54, 1.807) is 0 Å². The van der Waals surface area contributed by atoms with Crippen molar-refractivity contribution in [3.8, 4) is 5.75 Å². The van der Waals surface area contributed by atoms with Gasteiger partial charge in [0.05, 0.1) is 13.2 Å². The Kier molecular flexibility index (Phi) is 6.71. The minimum absolute atomic E-state index is 0.0860. The molecule has 0 aromatic heterocycles. The third-order valence-electron chi connectivity index (χ3n) is 4.83. The molecule has 1 aliphatic carbocycles. The molecule has 1 saturated carbocycles. The van der Waals surface area contributed by atoms with Crippen molar-refractivity contribution in [1.82, 2.24) is 0 Å². The number of aliphatic hydroxyl groups is 1. The molecule has 0 spiro atoms. The Hall–Kier alpha value is -1.06. The van der Waals surface area contributed by atoms with Gasteiger partial charge in [0.2, 0.25) is 0 Å². The molecule has 1 aromatic rings. The minimum atomic E-state index is -0.377. The molecule has 0 radical (unpaired) electrons. The first-order chi connectivity index (χ1) is 10.7. The summed E-state index contributed by atoms with van der Waals surface area (Å²) in [6.07, 6.45) is 9.16. The zero-order chi connectivity index (χ0) is 15.8. The second-order valence-electron chi connectivity index (χ2n) is 6.79. The highest BCUT2D eigenvalue weighted by atomic mass is 16.5. The molecule has 1 fully saturated rings. The lowest BCUT2D eigenvalue weighted by Crippen LogP contribution is -2.40. The van der Waals surface area contributed by atoms with Gasteiger partial charge in [-0.25, -0.2) is 0 Å². The van der Waals surface area contributed by atoms with E-state index in [0.29, 0.717) is 5.92 Å². The van der Waals surface area contributed by atoms with Crippen molar-refractivity contribution < 1.29 is 9.84 Å². The van der Waals surface area contributed by atoms with Gasteiger partial charge < -0.3 is 15.6 Å². The summed E-state index contributed by atoms with van der Waals surface area (Å²) in [5, 5.41) is 9.36. The van der Waals surface area contributed by atoms with E-state index in [1.807, 2.05) is 0 Å². The summed E-state index contributed by atoms with van der Waals surface area (Å²) in [7, 11) is 0. The zero-order valence-electron chi connectivity index (χ0n) is 13.9. The molecule has 0 bridgehead atoms. The third-order valence-corrected chi connectivity index (χ3v) is 4.83. The van der Waals surface area contributed by atoms with Crippen LogP contribution in [0.15, 0.2) is 24.3 Å². The van der Waals surface area contributed by atoms with Crippen LogP contribution in [0.4, 0.5) is 0 Å². The molecular formula is C19H31NO2. The van der Waals surface area contributed by atoms with E-state index in [4.69, 9.17) is 10.5 Å². The van der Waals surface area contributed by atoms with Crippen molar-refractivity contribution in [2.24, 2.45) is 5.73 Å². The van der Waals surface area contributed by atoms with Crippen molar-refractivity contribution in [3.05, 3.63) is 29.8 Å². The molecule has 0 saturated heterocycles. The third kappa shape index (κ3) is 4.99. The fourth-order valence-electron chi connectivity index (χ4n) is 3.32. The van der Waals surface area contributed by atoms with Crippen molar-refractivity contribution >= 4 is 0 Å². The summed E-state index contributed by atoms with van der Waals surface area (Å²) >= 11 is 0. The minimum Gasteiger partial charge on any atom is -0.494 e. The van der Waals surface area contributed by atoms with Crippen molar-refractivity contribution in [1.29, 1.82) is 0 Å². The van der Waals surface area contributed by atoms with E-state index in [9.17, 15) is 5.11 Å². The molecule has 3 nitrogen and oxygen atoms in total. The van der Waals surface area contributed by atoms with Gasteiger partial charge in [-0.15, -0.1) is 0 Å². The Bertz CT molecular complexity index is 432. The maximum absolute atomic E-state index is 9.36. The van der Waals surface area contributed by atoms with E-state index in [2.05, 4.69) is 31.2 Å². The van der Waals surface area contributed by atoms with E-state index < -0.39 is 0 Å². The average Bonchev–Trinajstić information content (AvgIpc) is 2.94. The van der Waals surface area contributed by atoms with E-state index in [-0.39, 0.29) is 12.1 Å². The lowest BCUT2D eigenvalue weighted by molar-refractivity contribution is 0.198. The monoisotopic (exact) mass is 305 g/mol. The molecule has 1 aliphatic rings. The van der Waals surface area contributed by atoms with Crippen molar-refractivity contribution in [2.45, 2.75) is 69.7 Å². The average molecular weight is 305 g/mol. The van der Waals surface area contributed by atoms with E-state index in [1.165, 1.54) is 31.2 Å². The van der Waals surface area contributed by atoms with Gasteiger partial charge in [0.1, 0.15) is 5.75 Å². The lowest BCUT2D eigenvalue weighted by Gasteiger charge is -2.21. The van der Waals surface area contributed by atoms with Crippen LogP contribution >= 0.6 is 0 Å². The highest BCUT2D eigenvalue weighted by Crippen LogP contribution is 2.39. The smallest absolute Gasteiger partial charge is 0.119 e. The number of rotatable bonds is 9. The van der Waals surface area contributed by atoms with Gasteiger partial charge in [0.15, 0.2) is 0 Å². The van der Waals surface area contributed by atoms with Crippen LogP contribution in [0.5, 0.6) is 5.75 Å². The zero-order valence-corrected chi connectivity index (χ0v) is 13.9. The molecule has 2 atom stereocenters. The van der Waals surface area contributed by atoms with Gasteiger partial charge in [-0.1, -0.05) is 44.7 Å². The number of nitrogens with two attached hydrogens (primary N) is 1. The van der Waals surface area contributed by atoms with Gasteiger partial charge >= 0.3 is 0 Å². The highest BCUT2D eigenvalue weighted by molar-refractivity contribution is 5.30. The first-order valence-corrected chi connectivity index (χ1v) is 8.79. The van der Waals surface area contributed by atoms with Gasteiger partial charge in [-0.3, -0.25) is 0 Å². The fourth-order valence-corrected chi connectivity index (χ4v) is 3.32. The maximum Gasteiger partial charge on any atom is 0.119 e. The standard InChI is InChI=1S/C19H31NO2/c1-2-3-4-5-6-13-22-18-9-7-16(8-10-18)17-11-12-19(20,14-17)15-21/h7-10,17,21H,2-6,11-15,20H2,1H3/t17-,19-/m1/s1. The molecule has 3 heteroatoms. The summed E-state index contributed by atoms with van der Waals surface area (Å²) in [6.45, 7) is 3.13. The summed E-state index contributed by atoms with van der Waals surface area (Å²) in [4.78, 5) is 0. The highest BCUT2D eigenvalue weighted by Gasteiger charge is 2.35. The number of hydrogen-bond donors (Lipinski definition) is 2. The van der Waals surface area contributed by atoms with Crippen molar-refractivity contribution in [3.63, 3.8) is 0 Å². The van der Waals surface area contributed by atoms with Crippen LogP contribution in [-0.4, -0.2) is 23.9 Å². The van der Waals surface area contributed by atoms with Crippen LogP contribution in [0.2, 0.25) is 0 Å². The SMILES string of the molecule is CCCCCCCOc1ccc([C@@H]2CC[C@](N)(CO)C2)cc1. The number of aliphatic hydroxyl groups excluding tert-OH is 1. The van der Waals surface area contributed by atoms with Gasteiger partial charge in [0, 0.05) is 5.54 Å². The lowest BCUT2D eigenvalue weighted by atomic mass is 9.94. The topological polar surface area (TPSA) is 55.5 Å². The Balaban J connectivity index is 1.74. The molecule has 2 rings (SSSR count). The quantitative estimate of drug-likeness (QED) is 0.678. The molecule has 22 heavy (non-hydrogen) atoms. The van der Waals surface area contributed by atoms with Crippen LogP contribution < -0.4 is 10.5 Å². The molecule has 0 unspecified atom stereocenters. The molecule has 124 valence electrons. The fraction of sp³-hybridized carbons (Fsp3) is 0.684. The van der Waals surface area contributed by atoms with Crippen LogP contribution in [-0.2, 0) is 0 Å².